The zero-order valence-electron chi connectivity index (χ0n) is 22.4. The Bertz CT molecular complexity index is 1870. The van der Waals surface area contributed by atoms with Gasteiger partial charge >= 0.3 is 0 Å². The van der Waals surface area contributed by atoms with Gasteiger partial charge in [0.1, 0.15) is 11.2 Å². The highest BCUT2D eigenvalue weighted by Gasteiger charge is 2.39. The van der Waals surface area contributed by atoms with Gasteiger partial charge in [0.25, 0.3) is 0 Å². The van der Waals surface area contributed by atoms with Crippen LogP contribution in [0.1, 0.15) is 64.2 Å². The minimum atomic E-state index is 0.0876. The van der Waals surface area contributed by atoms with Gasteiger partial charge < -0.3 is 4.42 Å². The molecule has 2 aromatic heterocycles. The van der Waals surface area contributed by atoms with Crippen LogP contribution >= 0.6 is 0 Å². The summed E-state index contributed by atoms with van der Waals surface area (Å²) in [5, 5.41) is 7.29. The number of hydrogen-bond donors (Lipinski definition) is 0. The molecule has 0 amide bonds. The standard InChI is InChI=1S/C35H33NO/c1-6-21-11-12-25(24-10-8-7-9-23(21)24)32-27-20-28-26-13-14-29-31(35(4,5)17-16-34(29,2)3)33(26)37-30(28)19-22(27)15-18-36-32/h7-15,18-20H,6,16-17H2,1-5H3. The second kappa shape index (κ2) is 7.68. The maximum atomic E-state index is 6.71. The average Bonchev–Trinajstić information content (AvgIpc) is 3.26. The van der Waals surface area contributed by atoms with Gasteiger partial charge in [-0.15, -0.1) is 0 Å². The van der Waals surface area contributed by atoms with Crippen molar-refractivity contribution in [2.75, 3.05) is 0 Å². The first-order chi connectivity index (χ1) is 17.8. The molecule has 7 rings (SSSR count). The summed E-state index contributed by atoms with van der Waals surface area (Å²) in [6.45, 7) is 11.7. The van der Waals surface area contributed by atoms with E-state index in [1.165, 1.54) is 62.0 Å². The third-order valence-corrected chi connectivity index (χ3v) is 8.96. The normalized spacial score (nSPS) is 16.6. The quantitative estimate of drug-likeness (QED) is 0.245. The predicted molar refractivity (Wildman–Crippen MR) is 157 cm³/mol. The number of aromatic nitrogens is 1. The molecule has 0 saturated carbocycles. The molecule has 2 heterocycles. The molecular weight excluding hydrogens is 450 g/mol. The number of rotatable bonds is 2. The number of furan rings is 1. The summed E-state index contributed by atoms with van der Waals surface area (Å²) in [6.07, 6.45) is 5.31. The van der Waals surface area contributed by atoms with Crippen LogP contribution in [0.15, 0.2) is 77.3 Å². The highest BCUT2D eigenvalue weighted by molar-refractivity contribution is 6.14. The molecule has 0 N–H and O–H groups in total. The summed E-state index contributed by atoms with van der Waals surface area (Å²) in [4.78, 5) is 4.94. The van der Waals surface area contributed by atoms with E-state index in [1.54, 1.807) is 0 Å². The fraction of sp³-hybridized carbons (Fsp3) is 0.286. The minimum Gasteiger partial charge on any atom is -0.456 e. The van der Waals surface area contributed by atoms with E-state index in [2.05, 4.69) is 101 Å². The highest BCUT2D eigenvalue weighted by Crippen LogP contribution is 2.50. The first-order valence-electron chi connectivity index (χ1n) is 13.6. The van der Waals surface area contributed by atoms with E-state index in [0.29, 0.717) is 0 Å². The summed E-state index contributed by atoms with van der Waals surface area (Å²) in [5.41, 5.74) is 8.68. The number of pyridine rings is 1. The van der Waals surface area contributed by atoms with E-state index in [-0.39, 0.29) is 10.8 Å². The van der Waals surface area contributed by atoms with Crippen molar-refractivity contribution in [3.05, 3.63) is 89.6 Å². The van der Waals surface area contributed by atoms with Gasteiger partial charge in [-0.2, -0.15) is 0 Å². The number of nitrogens with zero attached hydrogens (tertiary/aromatic N) is 1. The van der Waals surface area contributed by atoms with Gasteiger partial charge in [0.05, 0.1) is 5.69 Å². The molecule has 0 spiro atoms. The number of aryl methyl sites for hydroxylation is 1. The largest absolute Gasteiger partial charge is 0.456 e. The van der Waals surface area contributed by atoms with Crippen molar-refractivity contribution < 1.29 is 4.42 Å². The van der Waals surface area contributed by atoms with Crippen molar-refractivity contribution >= 4 is 43.5 Å². The zero-order chi connectivity index (χ0) is 25.5. The molecule has 0 fully saturated rings. The van der Waals surface area contributed by atoms with Crippen molar-refractivity contribution in [2.24, 2.45) is 0 Å². The molecule has 0 aliphatic heterocycles. The molecular formula is C35H33NO. The molecule has 0 saturated heterocycles. The second-order valence-electron chi connectivity index (χ2n) is 12.1. The third kappa shape index (κ3) is 3.21. The topological polar surface area (TPSA) is 26.0 Å². The zero-order valence-corrected chi connectivity index (χ0v) is 22.4. The summed E-state index contributed by atoms with van der Waals surface area (Å²) in [7, 11) is 0. The Balaban J connectivity index is 1.54. The van der Waals surface area contributed by atoms with Gasteiger partial charge in [0, 0.05) is 33.5 Å². The van der Waals surface area contributed by atoms with Crippen LogP contribution in [0.25, 0.3) is 54.7 Å². The van der Waals surface area contributed by atoms with Crippen molar-refractivity contribution in [3.8, 4) is 11.3 Å². The second-order valence-corrected chi connectivity index (χ2v) is 12.1. The van der Waals surface area contributed by atoms with E-state index < -0.39 is 0 Å². The monoisotopic (exact) mass is 483 g/mol. The summed E-state index contributed by atoms with van der Waals surface area (Å²) >= 11 is 0. The van der Waals surface area contributed by atoms with E-state index in [1.807, 2.05) is 6.20 Å². The van der Waals surface area contributed by atoms with Crippen molar-refractivity contribution in [2.45, 2.75) is 64.7 Å². The molecule has 0 atom stereocenters. The third-order valence-electron chi connectivity index (χ3n) is 8.96. The Labute approximate surface area is 218 Å². The van der Waals surface area contributed by atoms with Crippen LogP contribution in [0, 0.1) is 0 Å². The van der Waals surface area contributed by atoms with E-state index in [9.17, 15) is 0 Å². The molecule has 2 heteroatoms. The van der Waals surface area contributed by atoms with Crippen molar-refractivity contribution in [3.63, 3.8) is 0 Å². The Morgan fingerprint density at radius 1 is 0.757 bits per heavy atom. The van der Waals surface area contributed by atoms with Crippen molar-refractivity contribution in [1.29, 1.82) is 0 Å². The Hall–Kier alpha value is -3.65. The Morgan fingerprint density at radius 3 is 2.35 bits per heavy atom. The van der Waals surface area contributed by atoms with Gasteiger partial charge in [-0.25, -0.2) is 0 Å². The van der Waals surface area contributed by atoms with Crippen LogP contribution in [-0.4, -0.2) is 4.98 Å². The molecule has 37 heavy (non-hydrogen) atoms. The van der Waals surface area contributed by atoms with Gasteiger partial charge in [-0.05, 0) is 75.6 Å². The molecule has 6 aromatic rings. The molecule has 0 radical (unpaired) electrons. The van der Waals surface area contributed by atoms with Gasteiger partial charge in [-0.1, -0.05) is 83.1 Å². The summed E-state index contributed by atoms with van der Waals surface area (Å²) in [5.74, 6) is 0. The molecule has 0 unspecified atom stereocenters. The maximum absolute atomic E-state index is 6.71. The summed E-state index contributed by atoms with van der Waals surface area (Å²) in [6, 6.07) is 24.5. The van der Waals surface area contributed by atoms with Gasteiger partial charge in [0.2, 0.25) is 0 Å². The number of fused-ring (bicyclic) bond motifs is 7. The first kappa shape index (κ1) is 22.5. The van der Waals surface area contributed by atoms with Gasteiger partial charge in [-0.3, -0.25) is 4.98 Å². The van der Waals surface area contributed by atoms with Crippen molar-refractivity contribution in [1.82, 2.24) is 4.98 Å². The fourth-order valence-electron chi connectivity index (χ4n) is 6.72. The molecule has 1 aliphatic rings. The lowest BCUT2D eigenvalue weighted by Gasteiger charge is -2.41. The van der Waals surface area contributed by atoms with Crippen LogP contribution in [0.2, 0.25) is 0 Å². The smallest absolute Gasteiger partial charge is 0.139 e. The molecule has 1 aliphatic carbocycles. The molecule has 4 aromatic carbocycles. The maximum Gasteiger partial charge on any atom is 0.139 e. The summed E-state index contributed by atoms with van der Waals surface area (Å²) < 4.78 is 6.71. The van der Waals surface area contributed by atoms with E-state index >= 15 is 0 Å². The van der Waals surface area contributed by atoms with Gasteiger partial charge in [0.15, 0.2) is 0 Å². The van der Waals surface area contributed by atoms with Crippen LogP contribution in [0.5, 0.6) is 0 Å². The van der Waals surface area contributed by atoms with Crippen LogP contribution in [0.4, 0.5) is 0 Å². The predicted octanol–water partition coefficient (Wildman–Crippen LogP) is 9.87. The van der Waals surface area contributed by atoms with Crippen LogP contribution in [0.3, 0.4) is 0 Å². The lowest BCUT2D eigenvalue weighted by atomic mass is 9.63. The molecule has 0 bridgehead atoms. The fourth-order valence-corrected chi connectivity index (χ4v) is 6.72. The van der Waals surface area contributed by atoms with Crippen LogP contribution < -0.4 is 0 Å². The lowest BCUT2D eigenvalue weighted by molar-refractivity contribution is 0.331. The SMILES string of the molecule is CCc1ccc(-c2nccc3cc4oc5c6c(ccc5c4cc23)C(C)(C)CCC6(C)C)c2ccccc12. The first-order valence-corrected chi connectivity index (χ1v) is 13.6. The minimum absolute atomic E-state index is 0.0876. The number of benzene rings is 4. The Morgan fingerprint density at radius 2 is 1.54 bits per heavy atom. The van der Waals surface area contributed by atoms with E-state index in [4.69, 9.17) is 9.40 Å². The lowest BCUT2D eigenvalue weighted by Crippen LogP contribution is -2.33. The highest BCUT2D eigenvalue weighted by atomic mass is 16.3. The van der Waals surface area contributed by atoms with Crippen LogP contribution in [-0.2, 0) is 17.3 Å². The van der Waals surface area contributed by atoms with E-state index in [0.717, 1.165) is 28.7 Å². The number of hydrogen-bond acceptors (Lipinski definition) is 2. The molecule has 2 nitrogen and oxygen atoms in total. The molecule has 184 valence electrons. The average molecular weight is 484 g/mol. The Kier molecular flexibility index (Phi) is 4.68.